The van der Waals surface area contributed by atoms with Gasteiger partial charge in [-0.3, -0.25) is 14.5 Å². The predicted octanol–water partition coefficient (Wildman–Crippen LogP) is 4.37. The van der Waals surface area contributed by atoms with Crippen molar-refractivity contribution in [3.05, 3.63) is 84.4 Å². The third-order valence-electron chi connectivity index (χ3n) is 4.28. The number of hydrogen-bond donors (Lipinski definition) is 0. The molecule has 0 amide bonds. The summed E-state index contributed by atoms with van der Waals surface area (Å²) in [6.07, 6.45) is 8.20. The number of aromatic nitrogens is 5. The van der Waals surface area contributed by atoms with Gasteiger partial charge in [0.05, 0.1) is 5.69 Å². The van der Waals surface area contributed by atoms with E-state index >= 15 is 0 Å². The number of aryl methyl sites for hydroxylation is 2. The Bertz CT molecular complexity index is 1020. The number of benzene rings is 1. The van der Waals surface area contributed by atoms with Gasteiger partial charge in [0, 0.05) is 36.1 Å². The Hall–Kier alpha value is -2.99. The van der Waals surface area contributed by atoms with Crippen molar-refractivity contribution in [2.24, 2.45) is 0 Å². The molecule has 27 heavy (non-hydrogen) atoms. The summed E-state index contributed by atoms with van der Waals surface area (Å²) >= 11 is 1.71. The molecule has 0 saturated heterocycles. The minimum Gasteiger partial charge on any atom is -0.270 e. The lowest BCUT2D eigenvalue weighted by atomic mass is 10.2. The van der Waals surface area contributed by atoms with E-state index in [0.29, 0.717) is 0 Å². The molecule has 0 fully saturated rings. The maximum Gasteiger partial charge on any atom is 0.196 e. The molecule has 6 heteroatoms. The van der Waals surface area contributed by atoms with Crippen molar-refractivity contribution in [2.75, 3.05) is 5.75 Å². The predicted molar refractivity (Wildman–Crippen MR) is 108 cm³/mol. The molecule has 0 atom stereocenters. The third kappa shape index (κ3) is 3.90. The average molecular weight is 373 g/mol. The van der Waals surface area contributed by atoms with Crippen molar-refractivity contribution in [3.8, 4) is 17.1 Å². The molecule has 0 unspecified atom stereocenters. The molecule has 1 aromatic carbocycles. The van der Waals surface area contributed by atoms with E-state index in [-0.39, 0.29) is 0 Å². The molecule has 134 valence electrons. The Balaban J connectivity index is 1.67. The van der Waals surface area contributed by atoms with Gasteiger partial charge in [-0.05, 0) is 54.8 Å². The topological polar surface area (TPSA) is 56.5 Å². The monoisotopic (exact) mass is 373 g/mol. The van der Waals surface area contributed by atoms with Crippen LogP contribution in [0.3, 0.4) is 0 Å². The van der Waals surface area contributed by atoms with Gasteiger partial charge in [0.1, 0.15) is 0 Å². The van der Waals surface area contributed by atoms with Gasteiger partial charge in [0.25, 0.3) is 0 Å². The minimum absolute atomic E-state index is 0.809. The molecule has 0 spiro atoms. The molecule has 3 aromatic heterocycles. The molecular formula is C21H19N5S. The molecule has 4 rings (SSSR count). The quantitative estimate of drug-likeness (QED) is 0.470. The second kappa shape index (κ2) is 8.14. The molecule has 0 aliphatic carbocycles. The SMILES string of the molecule is Cc1ccccc1-n1c(SCCc2ccncc2)nnc1-c1cccnc1. The Morgan fingerprint density at radius 2 is 1.74 bits per heavy atom. The molecule has 0 saturated carbocycles. The molecule has 0 N–H and O–H groups in total. The number of rotatable bonds is 6. The summed E-state index contributed by atoms with van der Waals surface area (Å²) in [6.45, 7) is 2.10. The van der Waals surface area contributed by atoms with E-state index in [1.54, 1.807) is 18.0 Å². The van der Waals surface area contributed by atoms with Crippen LogP contribution in [0.15, 0.2) is 78.5 Å². The highest BCUT2D eigenvalue weighted by Crippen LogP contribution is 2.29. The smallest absolute Gasteiger partial charge is 0.196 e. The highest BCUT2D eigenvalue weighted by atomic mass is 32.2. The maximum atomic E-state index is 4.48. The van der Waals surface area contributed by atoms with Gasteiger partial charge in [-0.15, -0.1) is 10.2 Å². The summed E-state index contributed by atoms with van der Waals surface area (Å²) in [5.74, 6) is 1.73. The van der Waals surface area contributed by atoms with Crippen LogP contribution in [0.5, 0.6) is 0 Å². The summed E-state index contributed by atoms with van der Waals surface area (Å²) in [4.78, 5) is 8.31. The lowest BCUT2D eigenvalue weighted by Crippen LogP contribution is -2.02. The van der Waals surface area contributed by atoms with Crippen LogP contribution in [0.2, 0.25) is 0 Å². The fourth-order valence-corrected chi connectivity index (χ4v) is 3.82. The van der Waals surface area contributed by atoms with Gasteiger partial charge < -0.3 is 0 Å². The molecule has 0 radical (unpaired) electrons. The van der Waals surface area contributed by atoms with Crippen LogP contribution in [-0.4, -0.2) is 30.5 Å². The second-order valence-corrected chi connectivity index (χ2v) is 7.19. The molecular weight excluding hydrogens is 354 g/mol. The van der Waals surface area contributed by atoms with Crippen LogP contribution in [0.4, 0.5) is 0 Å². The van der Waals surface area contributed by atoms with Crippen molar-refractivity contribution < 1.29 is 0 Å². The van der Waals surface area contributed by atoms with Gasteiger partial charge >= 0.3 is 0 Å². The molecule has 3 heterocycles. The summed E-state index contributed by atoms with van der Waals surface area (Å²) in [5.41, 5.74) is 4.49. The van der Waals surface area contributed by atoms with Crippen LogP contribution < -0.4 is 0 Å². The summed E-state index contributed by atoms with van der Waals surface area (Å²) in [7, 11) is 0. The maximum absolute atomic E-state index is 4.48. The number of hydrogen-bond acceptors (Lipinski definition) is 5. The van der Waals surface area contributed by atoms with E-state index in [1.165, 1.54) is 11.1 Å². The highest BCUT2D eigenvalue weighted by molar-refractivity contribution is 7.99. The van der Waals surface area contributed by atoms with E-state index in [2.05, 4.69) is 43.8 Å². The Labute approximate surface area is 162 Å². The number of para-hydroxylation sites is 1. The zero-order valence-electron chi connectivity index (χ0n) is 15.0. The molecule has 4 aromatic rings. The van der Waals surface area contributed by atoms with Crippen LogP contribution in [0.1, 0.15) is 11.1 Å². The highest BCUT2D eigenvalue weighted by Gasteiger charge is 2.17. The lowest BCUT2D eigenvalue weighted by molar-refractivity contribution is 0.879. The zero-order chi connectivity index (χ0) is 18.5. The summed E-state index contributed by atoms with van der Waals surface area (Å²) < 4.78 is 2.13. The van der Waals surface area contributed by atoms with Crippen molar-refractivity contribution in [1.82, 2.24) is 24.7 Å². The largest absolute Gasteiger partial charge is 0.270 e. The van der Waals surface area contributed by atoms with Crippen LogP contribution in [-0.2, 0) is 6.42 Å². The van der Waals surface area contributed by atoms with Gasteiger partial charge in [-0.25, -0.2) is 0 Å². The first-order valence-electron chi connectivity index (χ1n) is 8.76. The fraction of sp³-hybridized carbons (Fsp3) is 0.143. The van der Waals surface area contributed by atoms with Gasteiger partial charge in [-0.2, -0.15) is 0 Å². The number of nitrogens with zero attached hydrogens (tertiary/aromatic N) is 5. The standard InChI is InChI=1S/C21H19N5S/c1-16-5-2-3-7-19(16)26-20(18-6-4-11-23-15-18)24-25-21(26)27-14-10-17-8-12-22-13-9-17/h2-9,11-13,15H,10,14H2,1H3. The average Bonchev–Trinajstić information content (AvgIpc) is 3.13. The zero-order valence-corrected chi connectivity index (χ0v) is 15.8. The molecule has 0 aliphatic heterocycles. The first-order chi connectivity index (χ1) is 13.3. The van der Waals surface area contributed by atoms with Gasteiger partial charge in [0.15, 0.2) is 11.0 Å². The molecule has 0 aliphatic rings. The Morgan fingerprint density at radius 1 is 0.889 bits per heavy atom. The van der Waals surface area contributed by atoms with Crippen molar-refractivity contribution in [3.63, 3.8) is 0 Å². The first-order valence-corrected chi connectivity index (χ1v) is 9.75. The fourth-order valence-electron chi connectivity index (χ4n) is 2.89. The van der Waals surface area contributed by atoms with E-state index in [4.69, 9.17) is 0 Å². The minimum atomic E-state index is 0.809. The van der Waals surface area contributed by atoms with Gasteiger partial charge in [-0.1, -0.05) is 30.0 Å². The lowest BCUT2D eigenvalue weighted by Gasteiger charge is -2.12. The van der Waals surface area contributed by atoms with E-state index in [1.807, 2.05) is 55.0 Å². The molecule has 5 nitrogen and oxygen atoms in total. The number of pyridine rings is 2. The second-order valence-electron chi connectivity index (χ2n) is 6.12. The Kier molecular flexibility index (Phi) is 5.25. The summed E-state index contributed by atoms with van der Waals surface area (Å²) in [6, 6.07) is 16.3. The first kappa shape index (κ1) is 17.4. The van der Waals surface area contributed by atoms with Gasteiger partial charge in [0.2, 0.25) is 0 Å². The van der Waals surface area contributed by atoms with Crippen molar-refractivity contribution in [2.45, 2.75) is 18.5 Å². The van der Waals surface area contributed by atoms with Crippen LogP contribution >= 0.6 is 11.8 Å². The van der Waals surface area contributed by atoms with E-state index < -0.39 is 0 Å². The third-order valence-corrected chi connectivity index (χ3v) is 5.21. The van der Waals surface area contributed by atoms with Crippen LogP contribution in [0, 0.1) is 6.92 Å². The molecule has 0 bridgehead atoms. The van der Waals surface area contributed by atoms with Crippen molar-refractivity contribution >= 4 is 11.8 Å². The Morgan fingerprint density at radius 3 is 2.52 bits per heavy atom. The van der Waals surface area contributed by atoms with E-state index in [0.717, 1.165) is 34.4 Å². The van der Waals surface area contributed by atoms with Crippen molar-refractivity contribution in [1.29, 1.82) is 0 Å². The van der Waals surface area contributed by atoms with E-state index in [9.17, 15) is 0 Å². The number of thioether (sulfide) groups is 1. The normalized spacial score (nSPS) is 10.9. The van der Waals surface area contributed by atoms with Crippen LogP contribution in [0.25, 0.3) is 17.1 Å². The summed E-state index contributed by atoms with van der Waals surface area (Å²) in [5, 5.41) is 9.83.